The lowest BCUT2D eigenvalue weighted by atomic mass is 10.1. The van der Waals surface area contributed by atoms with Crippen molar-refractivity contribution in [1.82, 2.24) is 10.2 Å². The smallest absolute Gasteiger partial charge is 0.264 e. The van der Waals surface area contributed by atoms with Crippen LogP contribution in [0.4, 0.5) is 5.69 Å². The Morgan fingerprint density at radius 2 is 1.53 bits per heavy atom. The number of halogens is 1. The Bertz CT molecular complexity index is 1370. The molecule has 0 heterocycles. The fraction of sp³-hybridized carbons (Fsp3) is 0.310. The summed E-state index contributed by atoms with van der Waals surface area (Å²) in [5.41, 5.74) is 1.24. The van der Waals surface area contributed by atoms with Crippen molar-refractivity contribution in [3.8, 4) is 0 Å². The summed E-state index contributed by atoms with van der Waals surface area (Å²) < 4.78 is 28.7. The van der Waals surface area contributed by atoms with Gasteiger partial charge < -0.3 is 10.2 Å². The predicted molar refractivity (Wildman–Crippen MR) is 152 cm³/mol. The van der Waals surface area contributed by atoms with E-state index in [0.29, 0.717) is 16.3 Å². The summed E-state index contributed by atoms with van der Waals surface area (Å²) in [6.45, 7) is 8.60. The summed E-state index contributed by atoms with van der Waals surface area (Å²) in [5, 5.41) is 3.37. The van der Waals surface area contributed by atoms with Gasteiger partial charge in [-0.1, -0.05) is 60.1 Å². The Kier molecular flexibility index (Phi) is 9.22. The first-order chi connectivity index (χ1) is 17.8. The molecule has 0 aliphatic rings. The van der Waals surface area contributed by atoms with Crippen molar-refractivity contribution >= 4 is 39.1 Å². The molecule has 0 aliphatic heterocycles. The van der Waals surface area contributed by atoms with Crippen molar-refractivity contribution < 1.29 is 18.0 Å². The topological polar surface area (TPSA) is 86.8 Å². The molecule has 0 saturated heterocycles. The van der Waals surface area contributed by atoms with Gasteiger partial charge in [-0.15, -0.1) is 0 Å². The molecule has 38 heavy (non-hydrogen) atoms. The van der Waals surface area contributed by atoms with E-state index in [4.69, 9.17) is 11.6 Å². The van der Waals surface area contributed by atoms with Crippen molar-refractivity contribution in [3.63, 3.8) is 0 Å². The highest BCUT2D eigenvalue weighted by molar-refractivity contribution is 7.92. The zero-order chi connectivity index (χ0) is 28.1. The minimum atomic E-state index is -4.12. The van der Waals surface area contributed by atoms with Gasteiger partial charge in [0.05, 0.1) is 10.6 Å². The molecule has 9 heteroatoms. The molecule has 0 fully saturated rings. The largest absolute Gasteiger partial charge is 0.350 e. The zero-order valence-electron chi connectivity index (χ0n) is 22.3. The summed E-state index contributed by atoms with van der Waals surface area (Å²) in [7, 11) is -4.12. The number of aryl methyl sites for hydroxylation is 1. The van der Waals surface area contributed by atoms with Crippen LogP contribution in [0.3, 0.4) is 0 Å². The fourth-order valence-corrected chi connectivity index (χ4v) is 5.69. The van der Waals surface area contributed by atoms with Crippen molar-refractivity contribution in [2.45, 2.75) is 57.6 Å². The van der Waals surface area contributed by atoms with Gasteiger partial charge in [0.15, 0.2) is 0 Å². The number of nitrogens with zero attached hydrogens (tertiary/aromatic N) is 2. The van der Waals surface area contributed by atoms with Crippen LogP contribution in [0, 0.1) is 6.92 Å². The van der Waals surface area contributed by atoms with Gasteiger partial charge in [0, 0.05) is 17.1 Å². The average Bonchev–Trinajstić information content (AvgIpc) is 2.86. The minimum Gasteiger partial charge on any atom is -0.350 e. The van der Waals surface area contributed by atoms with Gasteiger partial charge in [0.1, 0.15) is 12.6 Å². The maximum Gasteiger partial charge on any atom is 0.264 e. The minimum absolute atomic E-state index is 0.0512. The van der Waals surface area contributed by atoms with E-state index in [1.807, 2.05) is 51.1 Å². The van der Waals surface area contributed by atoms with Gasteiger partial charge >= 0.3 is 0 Å². The summed E-state index contributed by atoms with van der Waals surface area (Å²) >= 11 is 6.14. The van der Waals surface area contributed by atoms with E-state index in [0.717, 1.165) is 9.87 Å². The lowest BCUT2D eigenvalue weighted by Gasteiger charge is -2.33. The number of benzene rings is 3. The van der Waals surface area contributed by atoms with Crippen LogP contribution in [0.5, 0.6) is 0 Å². The highest BCUT2D eigenvalue weighted by Crippen LogP contribution is 2.29. The number of hydrogen-bond acceptors (Lipinski definition) is 4. The molecule has 3 aromatic rings. The predicted octanol–water partition coefficient (Wildman–Crippen LogP) is 5.18. The van der Waals surface area contributed by atoms with Crippen LogP contribution in [0.15, 0.2) is 83.8 Å². The Hall–Kier alpha value is -3.36. The second-order valence-corrected chi connectivity index (χ2v) is 12.5. The molecule has 1 atom stereocenters. The monoisotopic (exact) mass is 555 g/mol. The second kappa shape index (κ2) is 12.0. The van der Waals surface area contributed by atoms with Crippen LogP contribution in [0.2, 0.25) is 5.02 Å². The number of carbonyl (C=O) groups excluding carboxylic acids is 2. The average molecular weight is 556 g/mol. The molecule has 2 amide bonds. The van der Waals surface area contributed by atoms with Gasteiger partial charge in [-0.05, 0) is 76.1 Å². The first-order valence-electron chi connectivity index (χ1n) is 12.3. The Labute approximate surface area is 230 Å². The standard InChI is InChI=1S/C29H34ClN3O4S/c1-21-18-24(30)16-17-26(21)33(38(36,37)25-14-10-7-11-15-25)20-27(34)32(19-23-12-8-6-9-13-23)22(2)28(35)31-29(3,4)5/h6-18,22H,19-20H2,1-5H3,(H,31,35)/t22-/m1/s1. The van der Waals surface area contributed by atoms with E-state index in [1.54, 1.807) is 50.2 Å². The molecule has 0 aliphatic carbocycles. The molecule has 7 nitrogen and oxygen atoms in total. The molecular weight excluding hydrogens is 522 g/mol. The number of nitrogens with one attached hydrogen (secondary N) is 1. The molecule has 0 saturated carbocycles. The molecule has 3 aromatic carbocycles. The number of amides is 2. The third-order valence-corrected chi connectivity index (χ3v) is 7.91. The molecule has 0 unspecified atom stereocenters. The van der Waals surface area contributed by atoms with Crippen LogP contribution in [-0.2, 0) is 26.2 Å². The normalized spacial score (nSPS) is 12.5. The third-order valence-electron chi connectivity index (χ3n) is 5.90. The molecular formula is C29H34ClN3O4S. The molecule has 0 spiro atoms. The van der Waals surface area contributed by atoms with E-state index in [-0.39, 0.29) is 17.3 Å². The number of sulfonamides is 1. The molecule has 0 radical (unpaired) electrons. The van der Waals surface area contributed by atoms with E-state index in [2.05, 4.69) is 5.32 Å². The van der Waals surface area contributed by atoms with Gasteiger partial charge in [-0.25, -0.2) is 8.42 Å². The third kappa shape index (κ3) is 7.36. The SMILES string of the molecule is Cc1cc(Cl)ccc1N(CC(=O)N(Cc1ccccc1)[C@H](C)C(=O)NC(C)(C)C)S(=O)(=O)c1ccccc1. The van der Waals surface area contributed by atoms with Crippen molar-refractivity contribution in [3.05, 3.63) is 95.0 Å². The van der Waals surface area contributed by atoms with E-state index in [1.165, 1.54) is 17.0 Å². The molecule has 1 N–H and O–H groups in total. The first kappa shape index (κ1) is 29.2. The summed E-state index contributed by atoms with van der Waals surface area (Å²) in [4.78, 5) is 28.5. The van der Waals surface area contributed by atoms with Gasteiger partial charge in [0.2, 0.25) is 11.8 Å². The van der Waals surface area contributed by atoms with E-state index in [9.17, 15) is 18.0 Å². The highest BCUT2D eigenvalue weighted by Gasteiger charge is 2.33. The Morgan fingerprint density at radius 3 is 2.08 bits per heavy atom. The van der Waals surface area contributed by atoms with Crippen LogP contribution in [0.1, 0.15) is 38.8 Å². The highest BCUT2D eigenvalue weighted by atomic mass is 35.5. The van der Waals surface area contributed by atoms with E-state index < -0.39 is 34.1 Å². The summed E-state index contributed by atoms with van der Waals surface area (Å²) in [6.07, 6.45) is 0. The van der Waals surface area contributed by atoms with Crippen molar-refractivity contribution in [2.24, 2.45) is 0 Å². The molecule has 3 rings (SSSR count). The van der Waals surface area contributed by atoms with Gasteiger partial charge in [-0.3, -0.25) is 13.9 Å². The van der Waals surface area contributed by atoms with Crippen LogP contribution in [-0.4, -0.2) is 43.3 Å². The van der Waals surface area contributed by atoms with Crippen LogP contribution >= 0.6 is 11.6 Å². The number of rotatable bonds is 9. The first-order valence-corrected chi connectivity index (χ1v) is 14.1. The Morgan fingerprint density at radius 1 is 0.947 bits per heavy atom. The summed E-state index contributed by atoms with van der Waals surface area (Å²) in [6, 6.07) is 21.2. The molecule has 202 valence electrons. The quantitative estimate of drug-likeness (QED) is 0.394. The number of hydrogen-bond donors (Lipinski definition) is 1. The van der Waals surface area contributed by atoms with E-state index >= 15 is 0 Å². The van der Waals surface area contributed by atoms with Crippen LogP contribution < -0.4 is 9.62 Å². The maximum absolute atomic E-state index is 13.9. The lowest BCUT2D eigenvalue weighted by Crippen LogP contribution is -2.54. The zero-order valence-corrected chi connectivity index (χ0v) is 23.9. The van der Waals surface area contributed by atoms with Crippen LogP contribution in [0.25, 0.3) is 0 Å². The molecule has 0 aromatic heterocycles. The lowest BCUT2D eigenvalue weighted by molar-refractivity contribution is -0.140. The number of anilines is 1. The van der Waals surface area contributed by atoms with Crippen molar-refractivity contribution in [1.29, 1.82) is 0 Å². The summed E-state index contributed by atoms with van der Waals surface area (Å²) in [5.74, 6) is -0.846. The molecule has 0 bridgehead atoms. The van der Waals surface area contributed by atoms with Gasteiger partial charge in [0.25, 0.3) is 10.0 Å². The maximum atomic E-state index is 13.9. The van der Waals surface area contributed by atoms with Gasteiger partial charge in [-0.2, -0.15) is 0 Å². The number of carbonyl (C=O) groups is 2. The Balaban J connectivity index is 2.05. The second-order valence-electron chi connectivity index (χ2n) is 10.2. The fourth-order valence-electron chi connectivity index (χ4n) is 3.97. The van der Waals surface area contributed by atoms with Crippen molar-refractivity contribution in [2.75, 3.05) is 10.8 Å².